The highest BCUT2D eigenvalue weighted by Crippen LogP contribution is 2.16. The average molecular weight is 220 g/mol. The van der Waals surface area contributed by atoms with E-state index in [-0.39, 0.29) is 0 Å². The number of carbonyl (C=O) groups is 1. The van der Waals surface area contributed by atoms with E-state index in [1.165, 1.54) is 0 Å². The minimum atomic E-state index is 0.594. The van der Waals surface area contributed by atoms with Crippen LogP contribution in [0.1, 0.15) is 29.8 Å². The number of nitrogens with two attached hydrogens (primary N) is 1. The Morgan fingerprint density at radius 2 is 2.00 bits per heavy atom. The predicted octanol–water partition coefficient (Wildman–Crippen LogP) is 1.97. The maximum absolute atomic E-state index is 10.7. The molecular formula is C13H20N2O. The molecule has 0 unspecified atom stereocenters. The van der Waals surface area contributed by atoms with E-state index in [9.17, 15) is 4.79 Å². The van der Waals surface area contributed by atoms with E-state index < -0.39 is 0 Å². The van der Waals surface area contributed by atoms with Crippen LogP contribution in [0.15, 0.2) is 18.2 Å². The lowest BCUT2D eigenvalue weighted by Gasteiger charge is -2.18. The molecular weight excluding hydrogens is 200 g/mol. The number of hydrogen-bond donors (Lipinski definition) is 1. The molecule has 0 saturated carbocycles. The molecule has 1 aromatic carbocycles. The SMILES string of the molecule is CCN(CC)CCc1cccc(C=O)c1N. The second kappa shape index (κ2) is 6.28. The fourth-order valence-corrected chi connectivity index (χ4v) is 1.77. The number of rotatable bonds is 6. The number of carbonyl (C=O) groups excluding carboxylic acids is 1. The molecule has 0 aliphatic carbocycles. The molecule has 2 N–H and O–H groups in total. The van der Waals surface area contributed by atoms with Crippen LogP contribution in [0.5, 0.6) is 0 Å². The van der Waals surface area contributed by atoms with Gasteiger partial charge in [0.15, 0.2) is 6.29 Å². The topological polar surface area (TPSA) is 46.3 Å². The quantitative estimate of drug-likeness (QED) is 0.589. The molecule has 1 rings (SSSR count). The number of para-hydroxylation sites is 1. The minimum absolute atomic E-state index is 0.594. The lowest BCUT2D eigenvalue weighted by atomic mass is 10.1. The molecule has 88 valence electrons. The fraction of sp³-hybridized carbons (Fsp3) is 0.462. The predicted molar refractivity (Wildman–Crippen MR) is 67.7 cm³/mol. The third kappa shape index (κ3) is 3.07. The highest BCUT2D eigenvalue weighted by atomic mass is 16.1. The van der Waals surface area contributed by atoms with Crippen molar-refractivity contribution >= 4 is 12.0 Å². The van der Waals surface area contributed by atoms with Gasteiger partial charge in [0.2, 0.25) is 0 Å². The van der Waals surface area contributed by atoms with Gasteiger partial charge >= 0.3 is 0 Å². The van der Waals surface area contributed by atoms with Crippen LogP contribution in [0.4, 0.5) is 5.69 Å². The normalized spacial score (nSPS) is 10.7. The number of aldehydes is 1. The van der Waals surface area contributed by atoms with Crippen LogP contribution >= 0.6 is 0 Å². The van der Waals surface area contributed by atoms with Gasteiger partial charge in [-0.3, -0.25) is 4.79 Å². The van der Waals surface area contributed by atoms with E-state index in [2.05, 4.69) is 18.7 Å². The number of likely N-dealkylation sites (N-methyl/N-ethyl adjacent to an activating group) is 1. The highest BCUT2D eigenvalue weighted by molar-refractivity contribution is 5.84. The van der Waals surface area contributed by atoms with Crippen molar-refractivity contribution < 1.29 is 4.79 Å². The van der Waals surface area contributed by atoms with Crippen LogP contribution in [-0.2, 0) is 6.42 Å². The average Bonchev–Trinajstić information content (AvgIpc) is 2.32. The summed E-state index contributed by atoms with van der Waals surface area (Å²) in [6.07, 6.45) is 1.71. The lowest BCUT2D eigenvalue weighted by Crippen LogP contribution is -2.25. The summed E-state index contributed by atoms with van der Waals surface area (Å²) in [7, 11) is 0. The molecule has 3 heteroatoms. The molecule has 0 aromatic heterocycles. The van der Waals surface area contributed by atoms with Gasteiger partial charge in [0.25, 0.3) is 0 Å². The van der Waals surface area contributed by atoms with Crippen molar-refractivity contribution in [3.8, 4) is 0 Å². The Morgan fingerprint density at radius 3 is 2.56 bits per heavy atom. The molecule has 0 amide bonds. The van der Waals surface area contributed by atoms with Gasteiger partial charge in [-0.2, -0.15) is 0 Å². The van der Waals surface area contributed by atoms with E-state index >= 15 is 0 Å². The van der Waals surface area contributed by atoms with Crippen LogP contribution in [0.3, 0.4) is 0 Å². The van der Waals surface area contributed by atoms with Gasteiger partial charge in [-0.25, -0.2) is 0 Å². The molecule has 0 fully saturated rings. The molecule has 0 spiro atoms. The van der Waals surface area contributed by atoms with E-state index in [1.54, 1.807) is 6.07 Å². The van der Waals surface area contributed by atoms with Crippen LogP contribution < -0.4 is 5.73 Å². The number of nitrogen functional groups attached to an aromatic ring is 1. The Bertz CT molecular complexity index is 346. The third-order valence-electron chi connectivity index (χ3n) is 2.95. The second-order valence-corrected chi connectivity index (χ2v) is 3.81. The first-order valence-corrected chi connectivity index (χ1v) is 5.77. The number of anilines is 1. The van der Waals surface area contributed by atoms with Gasteiger partial charge < -0.3 is 10.6 Å². The Labute approximate surface area is 97.2 Å². The van der Waals surface area contributed by atoms with Crippen molar-refractivity contribution in [2.24, 2.45) is 0 Å². The number of benzene rings is 1. The molecule has 0 saturated heterocycles. The van der Waals surface area contributed by atoms with Crippen molar-refractivity contribution in [3.05, 3.63) is 29.3 Å². The second-order valence-electron chi connectivity index (χ2n) is 3.81. The van der Waals surface area contributed by atoms with E-state index in [4.69, 9.17) is 5.73 Å². The van der Waals surface area contributed by atoms with Crippen LogP contribution in [0.2, 0.25) is 0 Å². The third-order valence-corrected chi connectivity index (χ3v) is 2.95. The van der Waals surface area contributed by atoms with Crippen molar-refractivity contribution in [1.29, 1.82) is 0 Å². The zero-order valence-corrected chi connectivity index (χ0v) is 10.1. The van der Waals surface area contributed by atoms with Gasteiger partial charge in [-0.15, -0.1) is 0 Å². The molecule has 16 heavy (non-hydrogen) atoms. The van der Waals surface area contributed by atoms with Crippen molar-refractivity contribution in [2.45, 2.75) is 20.3 Å². The van der Waals surface area contributed by atoms with Gasteiger partial charge in [-0.05, 0) is 31.1 Å². The molecule has 0 radical (unpaired) electrons. The Morgan fingerprint density at radius 1 is 1.31 bits per heavy atom. The maximum atomic E-state index is 10.7. The first-order chi connectivity index (χ1) is 7.72. The molecule has 0 aliphatic rings. The largest absolute Gasteiger partial charge is 0.398 e. The lowest BCUT2D eigenvalue weighted by molar-refractivity contribution is 0.112. The van der Waals surface area contributed by atoms with Gasteiger partial charge in [0.05, 0.1) is 0 Å². The van der Waals surface area contributed by atoms with E-state index in [0.29, 0.717) is 11.3 Å². The van der Waals surface area contributed by atoms with Crippen LogP contribution in [-0.4, -0.2) is 30.8 Å². The molecule has 0 heterocycles. The van der Waals surface area contributed by atoms with E-state index in [1.807, 2.05) is 12.1 Å². The summed E-state index contributed by atoms with van der Waals surface area (Å²) in [5.74, 6) is 0. The number of nitrogens with zero attached hydrogens (tertiary/aromatic N) is 1. The summed E-state index contributed by atoms with van der Waals surface area (Å²) < 4.78 is 0. The molecule has 0 bridgehead atoms. The Hall–Kier alpha value is -1.35. The summed E-state index contributed by atoms with van der Waals surface area (Å²) >= 11 is 0. The first kappa shape index (κ1) is 12.7. The fourth-order valence-electron chi connectivity index (χ4n) is 1.77. The summed E-state index contributed by atoms with van der Waals surface area (Å²) in [4.78, 5) is 13.1. The summed E-state index contributed by atoms with van der Waals surface area (Å²) in [5, 5.41) is 0. The Kier molecular flexibility index (Phi) is 4.99. The standard InChI is InChI=1S/C13H20N2O/c1-3-15(4-2)9-8-11-6-5-7-12(10-16)13(11)14/h5-7,10H,3-4,8-9,14H2,1-2H3. The van der Waals surface area contributed by atoms with Crippen molar-refractivity contribution in [2.75, 3.05) is 25.4 Å². The first-order valence-electron chi connectivity index (χ1n) is 5.77. The molecule has 0 atom stereocenters. The van der Waals surface area contributed by atoms with Gasteiger partial charge in [-0.1, -0.05) is 26.0 Å². The highest BCUT2D eigenvalue weighted by Gasteiger charge is 2.05. The summed E-state index contributed by atoms with van der Waals surface area (Å²) in [6.45, 7) is 7.37. The van der Waals surface area contributed by atoms with E-state index in [0.717, 1.165) is 37.9 Å². The van der Waals surface area contributed by atoms with Crippen LogP contribution in [0.25, 0.3) is 0 Å². The maximum Gasteiger partial charge on any atom is 0.152 e. The minimum Gasteiger partial charge on any atom is -0.398 e. The molecule has 0 aliphatic heterocycles. The van der Waals surface area contributed by atoms with Crippen molar-refractivity contribution in [3.63, 3.8) is 0 Å². The Balaban J connectivity index is 2.70. The summed E-state index contributed by atoms with van der Waals surface area (Å²) in [6, 6.07) is 5.63. The summed E-state index contributed by atoms with van der Waals surface area (Å²) in [5.41, 5.74) is 8.20. The van der Waals surface area contributed by atoms with Crippen molar-refractivity contribution in [1.82, 2.24) is 4.90 Å². The molecule has 3 nitrogen and oxygen atoms in total. The monoisotopic (exact) mass is 220 g/mol. The van der Waals surface area contributed by atoms with Gasteiger partial charge in [0, 0.05) is 17.8 Å². The zero-order chi connectivity index (χ0) is 12.0. The zero-order valence-electron chi connectivity index (χ0n) is 10.1. The smallest absolute Gasteiger partial charge is 0.152 e. The van der Waals surface area contributed by atoms with Gasteiger partial charge in [0.1, 0.15) is 0 Å². The number of hydrogen-bond acceptors (Lipinski definition) is 3. The molecule has 1 aromatic rings. The van der Waals surface area contributed by atoms with Crippen LogP contribution in [0, 0.1) is 0 Å².